The van der Waals surface area contributed by atoms with Gasteiger partial charge in [0.2, 0.25) is 0 Å². The Morgan fingerprint density at radius 2 is 1.52 bits per heavy atom. The third kappa shape index (κ3) is 3.78. The van der Waals surface area contributed by atoms with Crippen molar-refractivity contribution in [3.8, 4) is 0 Å². The lowest BCUT2D eigenvalue weighted by Crippen LogP contribution is -2.43. The molecule has 0 unspecified atom stereocenters. The van der Waals surface area contributed by atoms with Crippen LogP contribution in [0.25, 0.3) is 0 Å². The Balaban J connectivity index is 2.13. The number of hydrogen-bond acceptors (Lipinski definition) is 5. The lowest BCUT2D eigenvalue weighted by atomic mass is 9.63. The molecule has 0 radical (unpaired) electrons. The maximum atomic E-state index is 12.9. The van der Waals surface area contributed by atoms with E-state index in [2.05, 4.69) is 0 Å². The summed E-state index contributed by atoms with van der Waals surface area (Å²) < 4.78 is 5.75. The van der Waals surface area contributed by atoms with Gasteiger partial charge in [0.25, 0.3) is 0 Å². The van der Waals surface area contributed by atoms with Crippen molar-refractivity contribution in [2.75, 3.05) is 0 Å². The molecule has 1 aromatic heterocycles. The normalized spacial score (nSPS) is 24.4. The first-order chi connectivity index (χ1) is 12.4. The molecule has 3 rings (SSSR count). The minimum atomic E-state index is -0.981. The van der Waals surface area contributed by atoms with Crippen molar-refractivity contribution in [3.63, 3.8) is 0 Å². The summed E-state index contributed by atoms with van der Waals surface area (Å²) in [5, 5.41) is 10.7. The molecular formula is C22H28O5. The van der Waals surface area contributed by atoms with Crippen LogP contribution in [-0.2, 0) is 14.4 Å². The topological polar surface area (TPSA) is 84.6 Å². The molecule has 27 heavy (non-hydrogen) atoms. The number of furan rings is 1. The number of carbonyl (C=O) groups excluding carboxylic acids is 3. The fraction of sp³-hybridized carbons (Fsp3) is 0.591. The van der Waals surface area contributed by atoms with E-state index in [-0.39, 0.29) is 58.8 Å². The number of aliphatic hydroxyl groups excluding tert-OH is 1. The molecule has 0 bridgehead atoms. The summed E-state index contributed by atoms with van der Waals surface area (Å²) in [4.78, 5) is 38.8. The summed E-state index contributed by atoms with van der Waals surface area (Å²) in [5.41, 5.74) is -0.560. The van der Waals surface area contributed by atoms with E-state index in [0.29, 0.717) is 17.9 Å². The molecule has 2 aliphatic rings. The summed E-state index contributed by atoms with van der Waals surface area (Å²) in [6.07, 6.45) is 1.15. The van der Waals surface area contributed by atoms with E-state index in [1.54, 1.807) is 19.1 Å². The first-order valence-corrected chi connectivity index (χ1v) is 9.47. The Bertz CT molecular complexity index is 817. The maximum absolute atomic E-state index is 12.9. The monoisotopic (exact) mass is 372 g/mol. The summed E-state index contributed by atoms with van der Waals surface area (Å²) >= 11 is 0. The van der Waals surface area contributed by atoms with Gasteiger partial charge in [0.05, 0.1) is 11.8 Å². The highest BCUT2D eigenvalue weighted by Crippen LogP contribution is 2.47. The van der Waals surface area contributed by atoms with Crippen molar-refractivity contribution < 1.29 is 23.9 Å². The lowest BCUT2D eigenvalue weighted by molar-refractivity contribution is -0.140. The fourth-order valence-electron chi connectivity index (χ4n) is 4.53. The summed E-state index contributed by atoms with van der Waals surface area (Å²) in [7, 11) is 0. The van der Waals surface area contributed by atoms with Gasteiger partial charge in [-0.3, -0.25) is 14.4 Å². The minimum absolute atomic E-state index is 0.0271. The van der Waals surface area contributed by atoms with Crippen molar-refractivity contribution in [3.05, 3.63) is 35.0 Å². The first kappa shape index (κ1) is 19.6. The molecular weight excluding hydrogens is 344 g/mol. The lowest BCUT2D eigenvalue weighted by Gasteiger charge is -2.38. The van der Waals surface area contributed by atoms with Gasteiger partial charge in [-0.25, -0.2) is 0 Å². The van der Waals surface area contributed by atoms with Crippen LogP contribution >= 0.6 is 0 Å². The Kier molecular flexibility index (Phi) is 4.69. The van der Waals surface area contributed by atoms with Crippen LogP contribution in [0.3, 0.4) is 0 Å². The van der Waals surface area contributed by atoms with E-state index in [1.807, 2.05) is 27.7 Å². The summed E-state index contributed by atoms with van der Waals surface area (Å²) in [6.45, 7) is 9.41. The Hall–Kier alpha value is -2.17. The number of Topliss-reactive ketones (excluding diaryl/α,β-unsaturated/α-hetero) is 3. The summed E-state index contributed by atoms with van der Waals surface area (Å²) in [5.74, 6) is -1.41. The molecule has 0 aliphatic heterocycles. The highest BCUT2D eigenvalue weighted by Gasteiger charge is 2.49. The predicted molar refractivity (Wildman–Crippen MR) is 100 cm³/mol. The third-order valence-corrected chi connectivity index (χ3v) is 5.61. The third-order valence-electron chi connectivity index (χ3n) is 5.61. The van der Waals surface area contributed by atoms with Crippen LogP contribution < -0.4 is 0 Å². The van der Waals surface area contributed by atoms with E-state index < -0.39 is 11.8 Å². The molecule has 146 valence electrons. The Morgan fingerprint density at radius 3 is 2.00 bits per heavy atom. The van der Waals surface area contributed by atoms with E-state index >= 15 is 0 Å². The maximum Gasteiger partial charge on any atom is 0.163 e. The van der Waals surface area contributed by atoms with Crippen molar-refractivity contribution in [2.45, 2.75) is 66.2 Å². The van der Waals surface area contributed by atoms with Crippen LogP contribution in [0.2, 0.25) is 0 Å². The molecule has 5 nitrogen and oxygen atoms in total. The molecule has 0 amide bonds. The first-order valence-electron chi connectivity index (χ1n) is 9.47. The van der Waals surface area contributed by atoms with Gasteiger partial charge in [0, 0.05) is 31.3 Å². The minimum Gasteiger partial charge on any atom is -0.512 e. The van der Waals surface area contributed by atoms with Gasteiger partial charge >= 0.3 is 0 Å². The number of aryl methyl sites for hydroxylation is 1. The second-order valence-corrected chi connectivity index (χ2v) is 9.66. The largest absolute Gasteiger partial charge is 0.512 e. The average Bonchev–Trinajstić information content (AvgIpc) is 2.87. The number of aliphatic hydroxyl groups is 1. The molecule has 5 heteroatoms. The van der Waals surface area contributed by atoms with Crippen molar-refractivity contribution in [1.82, 2.24) is 0 Å². The van der Waals surface area contributed by atoms with Gasteiger partial charge in [-0.1, -0.05) is 27.7 Å². The average molecular weight is 372 g/mol. The zero-order valence-corrected chi connectivity index (χ0v) is 16.7. The summed E-state index contributed by atoms with van der Waals surface area (Å²) in [6, 6.07) is 3.45. The molecule has 1 aromatic rings. The fourth-order valence-corrected chi connectivity index (χ4v) is 4.53. The van der Waals surface area contributed by atoms with Crippen molar-refractivity contribution in [2.24, 2.45) is 16.7 Å². The number of ketones is 3. The van der Waals surface area contributed by atoms with Crippen LogP contribution in [0.4, 0.5) is 0 Å². The van der Waals surface area contributed by atoms with E-state index in [1.165, 1.54) is 0 Å². The van der Waals surface area contributed by atoms with E-state index in [0.717, 1.165) is 0 Å². The van der Waals surface area contributed by atoms with Crippen LogP contribution in [0, 0.1) is 23.7 Å². The Labute approximate surface area is 159 Å². The van der Waals surface area contributed by atoms with Crippen LogP contribution in [0.15, 0.2) is 27.9 Å². The molecule has 0 spiro atoms. The van der Waals surface area contributed by atoms with E-state index in [4.69, 9.17) is 4.42 Å². The molecule has 2 aliphatic carbocycles. The number of allylic oxidation sites excluding steroid dienone is 2. The standard InChI is InChI=1S/C22H28O5/c1-12-6-7-17(27-12)20(18-13(23)8-21(2,3)9-14(18)24)19-15(25)10-22(4,5)11-16(19)26/h6-7,18,20,25H,8-11H2,1-5H3/t20-/m1/s1. The zero-order chi connectivity index (χ0) is 20.1. The molecule has 1 N–H and O–H groups in total. The predicted octanol–water partition coefficient (Wildman–Crippen LogP) is 4.45. The quantitative estimate of drug-likeness (QED) is 0.793. The molecule has 1 heterocycles. The highest BCUT2D eigenvalue weighted by atomic mass is 16.3. The number of rotatable bonds is 3. The second kappa shape index (κ2) is 6.47. The van der Waals surface area contributed by atoms with Gasteiger partial charge < -0.3 is 9.52 Å². The second-order valence-electron chi connectivity index (χ2n) is 9.66. The molecule has 1 fully saturated rings. The van der Waals surface area contributed by atoms with Gasteiger partial charge in [-0.15, -0.1) is 0 Å². The number of carbonyl (C=O) groups is 3. The molecule has 1 saturated carbocycles. The zero-order valence-electron chi connectivity index (χ0n) is 16.7. The van der Waals surface area contributed by atoms with Crippen LogP contribution in [0.1, 0.15) is 70.8 Å². The molecule has 0 aromatic carbocycles. The SMILES string of the molecule is Cc1ccc([C@@H](C2=C(O)CC(C)(C)CC2=O)C2C(=O)CC(C)(C)CC2=O)o1. The smallest absolute Gasteiger partial charge is 0.163 e. The van der Waals surface area contributed by atoms with Gasteiger partial charge in [0.15, 0.2) is 5.78 Å². The molecule has 0 saturated heterocycles. The number of hydrogen-bond donors (Lipinski definition) is 1. The van der Waals surface area contributed by atoms with Gasteiger partial charge in [0.1, 0.15) is 28.8 Å². The van der Waals surface area contributed by atoms with Gasteiger partial charge in [-0.2, -0.15) is 0 Å². The van der Waals surface area contributed by atoms with Crippen LogP contribution in [-0.4, -0.2) is 22.5 Å². The van der Waals surface area contributed by atoms with Crippen molar-refractivity contribution in [1.29, 1.82) is 0 Å². The highest BCUT2D eigenvalue weighted by molar-refractivity contribution is 6.09. The van der Waals surface area contributed by atoms with Crippen LogP contribution in [0.5, 0.6) is 0 Å². The Morgan fingerprint density at radius 1 is 0.963 bits per heavy atom. The molecule has 1 atom stereocenters. The van der Waals surface area contributed by atoms with E-state index in [9.17, 15) is 19.5 Å². The van der Waals surface area contributed by atoms with Crippen molar-refractivity contribution >= 4 is 17.3 Å². The van der Waals surface area contributed by atoms with Gasteiger partial charge in [-0.05, 0) is 29.9 Å².